The minimum absolute atomic E-state index is 0.760. The molecule has 2 heterocycles. The fourth-order valence-corrected chi connectivity index (χ4v) is 4.03. The summed E-state index contributed by atoms with van der Waals surface area (Å²) >= 11 is 1.86. The average Bonchev–Trinajstić information content (AvgIpc) is 2.92. The Morgan fingerprint density at radius 1 is 1.38 bits per heavy atom. The number of nitrogens with zero attached hydrogens (tertiary/aromatic N) is 3. The van der Waals surface area contributed by atoms with Crippen molar-refractivity contribution in [1.29, 1.82) is 0 Å². The Labute approximate surface area is 97.3 Å². The summed E-state index contributed by atoms with van der Waals surface area (Å²) in [5.74, 6) is 0. The second-order valence-electron chi connectivity index (χ2n) is 4.95. The smallest absolute Gasteiger partial charge is 0.181 e. The summed E-state index contributed by atoms with van der Waals surface area (Å²) in [7, 11) is 0. The van der Waals surface area contributed by atoms with Gasteiger partial charge >= 0.3 is 0 Å². The number of thioether (sulfide) groups is 1. The molecule has 2 aromatic rings. The van der Waals surface area contributed by atoms with Crippen LogP contribution in [-0.4, -0.2) is 25.2 Å². The van der Waals surface area contributed by atoms with Crippen LogP contribution in [0.25, 0.3) is 11.2 Å². The van der Waals surface area contributed by atoms with Gasteiger partial charge in [-0.15, -0.1) is 0 Å². The molecular formula is C11H12N4S. The number of aromatic amines is 1. The van der Waals surface area contributed by atoms with Crippen LogP contribution in [0.4, 0.5) is 0 Å². The van der Waals surface area contributed by atoms with E-state index < -0.39 is 0 Å². The standard InChI is InChI=1S/C11H12N4S/c1-2-11(1)3-7(4-11)16-10-14-8-5-12-6-13-9(8)15-10/h5-7H,1-4H2,(H,12,13,14,15). The quantitative estimate of drug-likeness (QED) is 0.863. The van der Waals surface area contributed by atoms with Crippen molar-refractivity contribution in [2.45, 2.75) is 36.1 Å². The second-order valence-corrected chi connectivity index (χ2v) is 6.24. The molecular weight excluding hydrogens is 220 g/mol. The lowest BCUT2D eigenvalue weighted by Gasteiger charge is -2.34. The maximum atomic E-state index is 4.46. The fraction of sp³-hybridized carbons (Fsp3) is 0.545. The maximum absolute atomic E-state index is 4.46. The van der Waals surface area contributed by atoms with E-state index >= 15 is 0 Å². The Hall–Kier alpha value is -1.10. The molecule has 16 heavy (non-hydrogen) atoms. The van der Waals surface area contributed by atoms with E-state index in [2.05, 4.69) is 19.9 Å². The van der Waals surface area contributed by atoms with E-state index in [1.807, 2.05) is 11.8 Å². The molecule has 2 aliphatic carbocycles. The first-order valence-electron chi connectivity index (χ1n) is 5.65. The van der Waals surface area contributed by atoms with E-state index in [0.717, 1.165) is 27.0 Å². The minimum Gasteiger partial charge on any atom is -0.330 e. The van der Waals surface area contributed by atoms with Crippen molar-refractivity contribution in [2.75, 3.05) is 0 Å². The lowest BCUT2D eigenvalue weighted by molar-refractivity contribution is 0.302. The highest BCUT2D eigenvalue weighted by Gasteiger charge is 2.53. The SMILES string of the molecule is c1ncc2[nH]c(SC3CC4(CC4)C3)nc2n1. The summed E-state index contributed by atoms with van der Waals surface area (Å²) in [5.41, 5.74) is 2.48. The summed E-state index contributed by atoms with van der Waals surface area (Å²) < 4.78 is 0. The molecule has 2 fully saturated rings. The largest absolute Gasteiger partial charge is 0.330 e. The van der Waals surface area contributed by atoms with Gasteiger partial charge in [-0.05, 0) is 31.1 Å². The summed E-state index contributed by atoms with van der Waals surface area (Å²) in [5, 5.41) is 1.76. The first-order valence-corrected chi connectivity index (χ1v) is 6.53. The predicted molar refractivity (Wildman–Crippen MR) is 62.2 cm³/mol. The fourth-order valence-electron chi connectivity index (χ4n) is 2.53. The zero-order valence-corrected chi connectivity index (χ0v) is 9.63. The molecule has 2 aromatic heterocycles. The van der Waals surface area contributed by atoms with Gasteiger partial charge in [-0.2, -0.15) is 0 Å². The van der Waals surface area contributed by atoms with Crippen molar-refractivity contribution >= 4 is 22.9 Å². The molecule has 1 spiro atoms. The Balaban J connectivity index is 1.54. The van der Waals surface area contributed by atoms with Gasteiger partial charge in [0.25, 0.3) is 0 Å². The molecule has 5 heteroatoms. The summed E-state index contributed by atoms with van der Waals surface area (Å²) in [4.78, 5) is 15.8. The van der Waals surface area contributed by atoms with E-state index in [1.165, 1.54) is 25.7 Å². The number of nitrogens with one attached hydrogen (secondary N) is 1. The zero-order chi connectivity index (χ0) is 10.6. The lowest BCUT2D eigenvalue weighted by Crippen LogP contribution is -2.27. The molecule has 1 N–H and O–H groups in total. The van der Waals surface area contributed by atoms with Crippen LogP contribution in [0, 0.1) is 5.41 Å². The van der Waals surface area contributed by atoms with Gasteiger partial charge in [0.1, 0.15) is 11.8 Å². The number of fused-ring (bicyclic) bond motifs is 1. The first-order chi connectivity index (χ1) is 7.83. The van der Waals surface area contributed by atoms with Crippen LogP contribution < -0.4 is 0 Å². The third-order valence-corrected chi connectivity index (χ3v) is 4.78. The van der Waals surface area contributed by atoms with Gasteiger partial charge in [0.15, 0.2) is 10.8 Å². The van der Waals surface area contributed by atoms with Crippen molar-refractivity contribution in [2.24, 2.45) is 5.41 Å². The van der Waals surface area contributed by atoms with Crippen LogP contribution in [0.1, 0.15) is 25.7 Å². The molecule has 0 bridgehead atoms. The van der Waals surface area contributed by atoms with Crippen molar-refractivity contribution in [1.82, 2.24) is 19.9 Å². The highest BCUT2D eigenvalue weighted by Crippen LogP contribution is 2.64. The van der Waals surface area contributed by atoms with Gasteiger partial charge in [-0.1, -0.05) is 11.8 Å². The molecule has 0 unspecified atom stereocenters. The van der Waals surface area contributed by atoms with Crippen molar-refractivity contribution in [3.05, 3.63) is 12.5 Å². The third-order valence-electron chi connectivity index (χ3n) is 3.70. The number of imidazole rings is 1. The monoisotopic (exact) mass is 232 g/mol. The second kappa shape index (κ2) is 2.97. The summed E-state index contributed by atoms with van der Waals surface area (Å²) in [6, 6.07) is 0. The van der Waals surface area contributed by atoms with E-state index in [-0.39, 0.29) is 0 Å². The number of hydrogen-bond donors (Lipinski definition) is 1. The van der Waals surface area contributed by atoms with Gasteiger partial charge < -0.3 is 4.98 Å². The predicted octanol–water partition coefficient (Wildman–Crippen LogP) is 2.39. The average molecular weight is 232 g/mol. The normalized spacial score (nSPS) is 22.5. The van der Waals surface area contributed by atoms with Gasteiger partial charge in [-0.25, -0.2) is 15.0 Å². The first kappa shape index (κ1) is 8.98. The highest BCUT2D eigenvalue weighted by atomic mass is 32.2. The molecule has 0 aliphatic heterocycles. The summed E-state index contributed by atoms with van der Waals surface area (Å²) in [6.45, 7) is 0. The zero-order valence-electron chi connectivity index (χ0n) is 8.81. The highest BCUT2D eigenvalue weighted by molar-refractivity contribution is 7.99. The molecule has 4 nitrogen and oxygen atoms in total. The van der Waals surface area contributed by atoms with Gasteiger partial charge in [0.2, 0.25) is 0 Å². The van der Waals surface area contributed by atoms with Crippen LogP contribution in [0.5, 0.6) is 0 Å². The Kier molecular flexibility index (Phi) is 1.67. The topological polar surface area (TPSA) is 54.5 Å². The number of aromatic nitrogens is 4. The number of rotatable bonds is 2. The molecule has 0 saturated heterocycles. The Morgan fingerprint density at radius 3 is 3.00 bits per heavy atom. The van der Waals surface area contributed by atoms with Crippen LogP contribution in [-0.2, 0) is 0 Å². The number of H-pyrrole nitrogens is 1. The molecule has 0 amide bonds. The van der Waals surface area contributed by atoms with Gasteiger partial charge in [0, 0.05) is 5.25 Å². The van der Waals surface area contributed by atoms with Crippen LogP contribution in [0.2, 0.25) is 0 Å². The van der Waals surface area contributed by atoms with E-state index in [9.17, 15) is 0 Å². The van der Waals surface area contributed by atoms with E-state index in [4.69, 9.17) is 0 Å². The molecule has 2 aliphatic rings. The van der Waals surface area contributed by atoms with Crippen LogP contribution >= 0.6 is 11.8 Å². The molecule has 0 radical (unpaired) electrons. The molecule has 2 saturated carbocycles. The Morgan fingerprint density at radius 2 is 2.25 bits per heavy atom. The van der Waals surface area contributed by atoms with Gasteiger partial charge in [0.05, 0.1) is 6.20 Å². The minimum atomic E-state index is 0.760. The molecule has 4 rings (SSSR count). The third kappa shape index (κ3) is 1.34. The Bertz CT molecular complexity index is 505. The van der Waals surface area contributed by atoms with Gasteiger partial charge in [-0.3, -0.25) is 0 Å². The molecule has 0 atom stereocenters. The molecule has 0 aromatic carbocycles. The van der Waals surface area contributed by atoms with E-state index in [0.29, 0.717) is 0 Å². The lowest BCUT2D eigenvalue weighted by atomic mass is 9.81. The van der Waals surface area contributed by atoms with E-state index in [1.54, 1.807) is 12.5 Å². The van der Waals surface area contributed by atoms with Crippen LogP contribution in [0.3, 0.4) is 0 Å². The van der Waals surface area contributed by atoms with Crippen LogP contribution in [0.15, 0.2) is 17.7 Å². The van der Waals surface area contributed by atoms with Crippen molar-refractivity contribution < 1.29 is 0 Å². The van der Waals surface area contributed by atoms with Crippen molar-refractivity contribution in [3.63, 3.8) is 0 Å². The molecule has 82 valence electrons. The van der Waals surface area contributed by atoms with Crippen molar-refractivity contribution in [3.8, 4) is 0 Å². The number of hydrogen-bond acceptors (Lipinski definition) is 4. The summed E-state index contributed by atoms with van der Waals surface area (Å²) in [6.07, 6.45) is 8.98. The maximum Gasteiger partial charge on any atom is 0.181 e.